The highest BCUT2D eigenvalue weighted by atomic mass is 16.2. The lowest BCUT2D eigenvalue weighted by Gasteiger charge is -2.32. The number of anilines is 8. The number of aromatic nitrogens is 6. The maximum atomic E-state index is 15.7. The van der Waals surface area contributed by atoms with Crippen molar-refractivity contribution in [3.05, 3.63) is 382 Å². The minimum atomic E-state index is -0.437. The summed E-state index contributed by atoms with van der Waals surface area (Å²) in [7, 11) is 0. The van der Waals surface area contributed by atoms with Crippen LogP contribution in [0.15, 0.2) is 332 Å². The molecule has 0 amide bonds. The van der Waals surface area contributed by atoms with Crippen molar-refractivity contribution >= 4 is 156 Å². The number of Topliss-reactive ketones (excluding diaryl/α,β-unsaturated/α-hetero) is 4. The summed E-state index contributed by atoms with van der Waals surface area (Å²) in [6.07, 6.45) is 7.03. The molecule has 14 aromatic carbocycles. The number of pyridine rings is 2. The molecule has 0 radical (unpaired) electrons. The predicted molar refractivity (Wildman–Crippen MR) is 489 cm³/mol. The first-order valence-electron chi connectivity index (χ1n) is 40.9. The molecular weight excluding hydrogens is 1520 g/mol. The Morgan fingerprint density at radius 1 is 0.285 bits per heavy atom. The van der Waals surface area contributed by atoms with Crippen LogP contribution in [0.3, 0.4) is 0 Å². The molecule has 0 N–H and O–H groups in total. The molecule has 6 heterocycles. The van der Waals surface area contributed by atoms with Gasteiger partial charge in [0.05, 0.1) is 101 Å². The standard InChI is InChI=1S/C107H68N12O4/c1-59(2)72-25-18-26-73(60(3)4)96(72)116-94(119(105-104(116)112-90-31-16-17-32-91(90)113-105)99-80(64-37-33-62(57-108)34-38-64)49-61(5)50-81(99)65-39-35-63(58-109)36-40-65)47-44-79-102(122)84-54-69-42-41-68(51-71(69)55-85(84)103(79)123)70-43-46-92-93(56-70)115-107-106(114-92)117(97-74-21-8-12-27-86(74)110-87-28-13-9-22-75(87)97)95(118(107)98-76-23-10-14-29-88(76)111-89-30-15-11-24-77(89)98)48-45-78-100(120)82-52-66-19-6-7-20-67(66)53-83(82)101(78)121/h6-56,59-60H,1-5H3/b79-44-,94-47+,95-48-. The maximum absolute atomic E-state index is 15.7. The predicted octanol–water partition coefficient (Wildman–Crippen LogP) is 24.9. The molecule has 0 saturated carbocycles. The van der Waals surface area contributed by atoms with Crippen LogP contribution in [0, 0.1) is 29.6 Å². The van der Waals surface area contributed by atoms with Gasteiger partial charge in [0.2, 0.25) is 0 Å². The van der Waals surface area contributed by atoms with Gasteiger partial charge in [0.15, 0.2) is 46.4 Å². The summed E-state index contributed by atoms with van der Waals surface area (Å²) in [6, 6.07) is 97.1. The number of para-hydroxylation sites is 7. The van der Waals surface area contributed by atoms with Crippen LogP contribution in [0.4, 0.5) is 46.0 Å². The van der Waals surface area contributed by atoms with Crippen LogP contribution in [-0.2, 0) is 0 Å². The highest BCUT2D eigenvalue weighted by Crippen LogP contribution is 2.58. The van der Waals surface area contributed by atoms with Crippen LogP contribution >= 0.6 is 0 Å². The summed E-state index contributed by atoms with van der Waals surface area (Å²) >= 11 is 0. The molecule has 0 saturated heterocycles. The number of aryl methyl sites for hydroxylation is 1. The second-order valence-electron chi connectivity index (χ2n) is 32.2. The lowest BCUT2D eigenvalue weighted by atomic mass is 9.91. The van der Waals surface area contributed by atoms with Gasteiger partial charge in [-0.3, -0.25) is 38.8 Å². The molecule has 16 nitrogen and oxygen atoms in total. The van der Waals surface area contributed by atoms with Gasteiger partial charge in [0.25, 0.3) is 0 Å². The number of carbonyl (C=O) groups excluding carboxylic acids is 4. The van der Waals surface area contributed by atoms with Crippen LogP contribution in [0.1, 0.15) is 109 Å². The molecule has 4 aromatic heterocycles. The molecule has 2 aliphatic heterocycles. The zero-order chi connectivity index (χ0) is 83.3. The van der Waals surface area contributed by atoms with Gasteiger partial charge in [0.1, 0.15) is 11.6 Å². The first-order chi connectivity index (χ1) is 60.1. The minimum Gasteiger partial charge on any atom is -0.288 e. The summed E-state index contributed by atoms with van der Waals surface area (Å²) in [5.74, 6) is 1.45. The summed E-state index contributed by atoms with van der Waals surface area (Å²) < 4.78 is 0. The van der Waals surface area contributed by atoms with Crippen molar-refractivity contribution in [2.45, 2.75) is 46.5 Å². The number of nitrogens with zero attached hydrogens (tertiary/aromatic N) is 12. The van der Waals surface area contributed by atoms with Crippen LogP contribution in [-0.4, -0.2) is 53.0 Å². The molecule has 2 aliphatic carbocycles. The Morgan fingerprint density at radius 3 is 1.03 bits per heavy atom. The van der Waals surface area contributed by atoms with E-state index in [1.807, 2.05) is 262 Å². The second-order valence-corrected chi connectivity index (χ2v) is 32.2. The molecule has 16 heteroatoms. The topological polar surface area (TPSA) is 206 Å². The number of nitriles is 2. The highest BCUT2D eigenvalue weighted by molar-refractivity contribution is 6.41. The van der Waals surface area contributed by atoms with Gasteiger partial charge < -0.3 is 0 Å². The van der Waals surface area contributed by atoms with Crippen molar-refractivity contribution in [2.24, 2.45) is 0 Å². The number of hydrogen-bond acceptors (Lipinski definition) is 16. The molecule has 0 unspecified atom stereocenters. The van der Waals surface area contributed by atoms with Gasteiger partial charge in [-0.1, -0.05) is 198 Å². The Hall–Kier alpha value is -16.6. The monoisotopic (exact) mass is 1580 g/mol. The fraction of sp³-hybridized carbons (Fsp3) is 0.0654. The maximum Gasteiger partial charge on any atom is 0.197 e. The molecule has 0 fully saturated rings. The number of rotatable bonds is 11. The largest absolute Gasteiger partial charge is 0.288 e. The fourth-order valence-corrected chi connectivity index (χ4v) is 18.3. The molecule has 18 aromatic rings. The van der Waals surface area contributed by atoms with E-state index in [2.05, 4.69) is 102 Å². The summed E-state index contributed by atoms with van der Waals surface area (Å²) in [5, 5.41) is 26.7. The average molecular weight is 1590 g/mol. The summed E-state index contributed by atoms with van der Waals surface area (Å²) in [6.45, 7) is 10.7. The minimum absolute atomic E-state index is 0.0133. The molecular formula is C107H68N12O4. The number of hydrogen-bond donors (Lipinski definition) is 0. The Bertz CT molecular complexity index is 7780. The Labute approximate surface area is 705 Å². The normalized spacial score (nSPS) is 14.7. The molecule has 22 rings (SSSR count). The van der Waals surface area contributed by atoms with Crippen molar-refractivity contribution in [1.29, 1.82) is 10.5 Å². The summed E-state index contributed by atoms with van der Waals surface area (Å²) in [4.78, 5) is 102. The van der Waals surface area contributed by atoms with Gasteiger partial charge >= 0.3 is 0 Å². The Kier molecular flexibility index (Phi) is 16.8. The van der Waals surface area contributed by atoms with E-state index in [-0.39, 0.29) is 45.7 Å². The van der Waals surface area contributed by atoms with E-state index in [1.54, 1.807) is 12.2 Å². The first kappa shape index (κ1) is 72.9. The molecule has 0 atom stereocenters. The van der Waals surface area contributed by atoms with E-state index >= 15 is 9.59 Å². The zero-order valence-corrected chi connectivity index (χ0v) is 67.1. The van der Waals surface area contributed by atoms with E-state index in [9.17, 15) is 20.1 Å². The number of carbonyl (C=O) groups is 4. The second kappa shape index (κ2) is 28.3. The van der Waals surface area contributed by atoms with Gasteiger partial charge in [-0.15, -0.1) is 0 Å². The van der Waals surface area contributed by atoms with E-state index in [0.717, 1.165) is 132 Å². The van der Waals surface area contributed by atoms with Crippen LogP contribution in [0.2, 0.25) is 0 Å². The van der Waals surface area contributed by atoms with Gasteiger partial charge in [0, 0.05) is 54.9 Å². The Morgan fingerprint density at radius 2 is 0.618 bits per heavy atom. The number of benzene rings is 14. The van der Waals surface area contributed by atoms with E-state index in [4.69, 9.17) is 29.9 Å². The number of fused-ring (bicyclic) bond motifs is 12. The third-order valence-corrected chi connectivity index (χ3v) is 24.1. The molecule has 4 aliphatic rings. The summed E-state index contributed by atoms with van der Waals surface area (Å²) in [5.41, 5.74) is 18.6. The van der Waals surface area contributed by atoms with E-state index < -0.39 is 11.6 Å². The smallest absolute Gasteiger partial charge is 0.197 e. The van der Waals surface area contributed by atoms with Crippen LogP contribution < -0.4 is 19.6 Å². The molecule has 0 bridgehead atoms. The Balaban J connectivity index is 0.708. The highest BCUT2D eigenvalue weighted by Gasteiger charge is 2.45. The zero-order valence-electron chi connectivity index (χ0n) is 67.1. The first-order valence-corrected chi connectivity index (χ1v) is 40.9. The van der Waals surface area contributed by atoms with E-state index in [0.29, 0.717) is 84.9 Å². The van der Waals surface area contributed by atoms with Gasteiger partial charge in [-0.05, 0) is 219 Å². The number of allylic oxidation sites excluding steroid dienone is 6. The molecule has 123 heavy (non-hydrogen) atoms. The number of ketones is 4. The van der Waals surface area contributed by atoms with Gasteiger partial charge in [-0.25, -0.2) is 29.9 Å². The molecule has 0 spiro atoms. The van der Waals surface area contributed by atoms with Crippen molar-refractivity contribution in [3.8, 4) is 45.5 Å². The van der Waals surface area contributed by atoms with Crippen LogP contribution in [0.25, 0.3) is 121 Å². The van der Waals surface area contributed by atoms with Crippen LogP contribution in [0.5, 0.6) is 0 Å². The van der Waals surface area contributed by atoms with Crippen molar-refractivity contribution in [2.75, 3.05) is 19.6 Å². The van der Waals surface area contributed by atoms with Gasteiger partial charge in [-0.2, -0.15) is 10.5 Å². The quantitative estimate of drug-likeness (QED) is 0.0670. The van der Waals surface area contributed by atoms with Crippen molar-refractivity contribution in [1.82, 2.24) is 29.9 Å². The lowest BCUT2D eigenvalue weighted by molar-refractivity contribution is 0.0973. The van der Waals surface area contributed by atoms with E-state index in [1.165, 1.54) is 0 Å². The third kappa shape index (κ3) is 11.6. The SMILES string of the molecule is Cc1cc(-c2ccc(C#N)cc2)c(N2/C(=C/C=C3/C(=O)c4cc5ccc(-c6ccc7nc8c(nc7c6)N(c6c7ccccc7nc7ccccc67)/C(=C\C=C6C(=O)c7cc9ccccc9cc7C6=O)N8c6c7ccccc7nc7ccccc67)cc5cc4C3=O)N(c3c(C(C)C)cccc3C(C)C)c3nc4ccccc4nc32)c(-c2ccc(C#N)cc2)c1. The third-order valence-electron chi connectivity index (χ3n) is 24.1. The lowest BCUT2D eigenvalue weighted by Crippen LogP contribution is -2.25. The van der Waals surface area contributed by atoms with Crippen molar-refractivity contribution < 1.29 is 19.2 Å². The average Bonchev–Trinajstić information content (AvgIpc) is 1.56. The fourth-order valence-electron chi connectivity index (χ4n) is 18.3. The van der Waals surface area contributed by atoms with Crippen molar-refractivity contribution in [3.63, 3.8) is 0 Å². The molecule has 580 valence electrons.